The van der Waals surface area contributed by atoms with E-state index in [4.69, 9.17) is 0 Å². The maximum Gasteiger partial charge on any atom is 0.434 e. The molecule has 0 spiro atoms. The minimum Gasteiger partial charge on any atom is -0.337 e. The second-order valence-electron chi connectivity index (χ2n) is 7.57. The van der Waals surface area contributed by atoms with Crippen LogP contribution in [0.1, 0.15) is 24.2 Å². The molecule has 2 N–H and O–H groups in total. The fraction of sp³-hybridized carbons (Fsp3) is 0.316. The van der Waals surface area contributed by atoms with Gasteiger partial charge in [0.25, 0.3) is 0 Å². The van der Waals surface area contributed by atoms with Crippen LogP contribution in [0.15, 0.2) is 37.2 Å². The van der Waals surface area contributed by atoms with Gasteiger partial charge in [0.2, 0.25) is 5.95 Å². The fourth-order valence-corrected chi connectivity index (χ4v) is 3.79. The van der Waals surface area contributed by atoms with Crippen LogP contribution in [-0.4, -0.2) is 53.7 Å². The molecule has 32 heavy (non-hydrogen) atoms. The molecule has 13 heteroatoms. The van der Waals surface area contributed by atoms with Gasteiger partial charge in [-0.1, -0.05) is 0 Å². The zero-order chi connectivity index (χ0) is 22.5. The summed E-state index contributed by atoms with van der Waals surface area (Å²) in [4.78, 5) is 17.8. The molecule has 0 bridgehead atoms. The monoisotopic (exact) mass is 447 g/mol. The zero-order valence-electron chi connectivity index (χ0n) is 16.7. The Morgan fingerprint density at radius 1 is 1.06 bits per heavy atom. The van der Waals surface area contributed by atoms with E-state index in [0.717, 1.165) is 28.6 Å². The molecule has 0 amide bonds. The molecule has 0 aromatic carbocycles. The van der Waals surface area contributed by atoms with Crippen LogP contribution in [0.25, 0.3) is 17.0 Å². The van der Waals surface area contributed by atoms with E-state index in [1.54, 1.807) is 12.4 Å². The molecule has 1 saturated heterocycles. The van der Waals surface area contributed by atoms with Gasteiger partial charge in [-0.25, -0.2) is 24.3 Å². The van der Waals surface area contributed by atoms with Crippen LogP contribution in [0.5, 0.6) is 0 Å². The molecule has 9 nitrogen and oxygen atoms in total. The predicted octanol–water partition coefficient (Wildman–Crippen LogP) is 2.61. The van der Waals surface area contributed by atoms with Crippen LogP contribution >= 0.6 is 0 Å². The summed E-state index contributed by atoms with van der Waals surface area (Å²) in [5, 5.41) is 10.2. The van der Waals surface area contributed by atoms with Crippen molar-refractivity contribution < 1.29 is 17.6 Å². The molecule has 2 unspecified atom stereocenters. The smallest absolute Gasteiger partial charge is 0.337 e. The van der Waals surface area contributed by atoms with E-state index in [-0.39, 0.29) is 35.1 Å². The number of anilines is 1. The third kappa shape index (κ3) is 3.64. The Morgan fingerprint density at radius 3 is 2.66 bits per heavy atom. The summed E-state index contributed by atoms with van der Waals surface area (Å²) in [6, 6.07) is 0.0304. The Balaban J connectivity index is 1.53. The molecular formula is C19H17F4N9. The van der Waals surface area contributed by atoms with Crippen molar-refractivity contribution in [2.45, 2.75) is 25.2 Å². The number of H-pyrrole nitrogens is 1. The number of aromatic amines is 1. The third-order valence-corrected chi connectivity index (χ3v) is 5.25. The molecule has 2 atom stereocenters. The quantitative estimate of drug-likeness (QED) is 0.466. The number of piperazine rings is 1. The molecule has 0 saturated carbocycles. The standard InChI is InChI=1S/C19H17F4N9/c1-10-7-31(8-13(29-10)11-2-27-28-3-11)18-26-4-12(20)17(30-18)14-5-25-16-6-24-15(9-32(14)16)19(21,22)23/h2-6,9-10,13,29H,7-8H2,1H3,(H,27,28). The Morgan fingerprint density at radius 2 is 1.91 bits per heavy atom. The Labute approximate surface area is 178 Å². The van der Waals surface area contributed by atoms with Crippen LogP contribution in [0.3, 0.4) is 0 Å². The van der Waals surface area contributed by atoms with Crippen molar-refractivity contribution >= 4 is 11.6 Å². The van der Waals surface area contributed by atoms with Gasteiger partial charge in [0.1, 0.15) is 5.69 Å². The topological polar surface area (TPSA) is 99.9 Å². The lowest BCUT2D eigenvalue weighted by atomic mass is 10.1. The van der Waals surface area contributed by atoms with Crippen molar-refractivity contribution in [3.05, 3.63) is 54.3 Å². The van der Waals surface area contributed by atoms with E-state index in [1.807, 2.05) is 11.8 Å². The predicted molar refractivity (Wildman–Crippen MR) is 105 cm³/mol. The van der Waals surface area contributed by atoms with Gasteiger partial charge in [0.15, 0.2) is 17.2 Å². The Bertz CT molecular complexity index is 1250. The lowest BCUT2D eigenvalue weighted by Gasteiger charge is -2.37. The van der Waals surface area contributed by atoms with Gasteiger partial charge in [-0.2, -0.15) is 18.3 Å². The van der Waals surface area contributed by atoms with E-state index >= 15 is 0 Å². The molecule has 1 aliphatic rings. The van der Waals surface area contributed by atoms with Crippen molar-refractivity contribution in [3.8, 4) is 11.4 Å². The zero-order valence-corrected chi connectivity index (χ0v) is 16.7. The van der Waals surface area contributed by atoms with E-state index in [9.17, 15) is 17.6 Å². The van der Waals surface area contributed by atoms with Crippen molar-refractivity contribution in [2.75, 3.05) is 18.0 Å². The first kappa shape index (κ1) is 20.3. The minimum atomic E-state index is -4.65. The van der Waals surface area contributed by atoms with Gasteiger partial charge in [0.05, 0.1) is 36.5 Å². The molecule has 5 rings (SSSR count). The van der Waals surface area contributed by atoms with E-state index in [0.29, 0.717) is 13.1 Å². The average molecular weight is 447 g/mol. The molecule has 0 radical (unpaired) electrons. The molecule has 1 fully saturated rings. The summed E-state index contributed by atoms with van der Waals surface area (Å²) in [7, 11) is 0. The molecule has 1 aliphatic heterocycles. The molecule has 5 heterocycles. The van der Waals surface area contributed by atoms with Crippen LogP contribution in [0.4, 0.5) is 23.5 Å². The highest BCUT2D eigenvalue weighted by Gasteiger charge is 2.33. The Kier molecular flexibility index (Phi) is 4.77. The normalized spacial score (nSPS) is 19.6. The summed E-state index contributed by atoms with van der Waals surface area (Å²) in [6.07, 6.45) is 2.90. The minimum absolute atomic E-state index is 0.0502. The highest BCUT2D eigenvalue weighted by atomic mass is 19.4. The number of nitrogens with zero attached hydrogens (tertiary/aromatic N) is 7. The molecule has 4 aromatic rings. The number of rotatable bonds is 3. The number of alkyl halides is 3. The van der Waals surface area contributed by atoms with Gasteiger partial charge in [-0.15, -0.1) is 0 Å². The van der Waals surface area contributed by atoms with E-state index < -0.39 is 17.7 Å². The number of imidazole rings is 1. The lowest BCUT2D eigenvalue weighted by Crippen LogP contribution is -2.51. The summed E-state index contributed by atoms with van der Waals surface area (Å²) in [6.45, 7) is 3.07. The number of hydrogen-bond acceptors (Lipinski definition) is 7. The van der Waals surface area contributed by atoms with Crippen molar-refractivity contribution in [2.24, 2.45) is 0 Å². The first-order chi connectivity index (χ1) is 15.3. The fourth-order valence-electron chi connectivity index (χ4n) is 3.79. The number of aromatic nitrogens is 7. The van der Waals surface area contributed by atoms with Gasteiger partial charge < -0.3 is 10.2 Å². The maximum absolute atomic E-state index is 14.7. The van der Waals surface area contributed by atoms with Gasteiger partial charge >= 0.3 is 6.18 Å². The van der Waals surface area contributed by atoms with Crippen molar-refractivity contribution in [1.82, 2.24) is 39.9 Å². The average Bonchev–Trinajstić information content (AvgIpc) is 3.43. The highest BCUT2D eigenvalue weighted by Crippen LogP contribution is 2.30. The second kappa shape index (κ2) is 7.51. The van der Waals surface area contributed by atoms with Gasteiger partial charge in [0, 0.05) is 37.1 Å². The SMILES string of the molecule is CC1CN(c2ncc(F)c(-c3cnc4cnc(C(F)(F)F)cn34)n2)CC(c2cn[nH]c2)N1. The van der Waals surface area contributed by atoms with Gasteiger partial charge in [-0.3, -0.25) is 9.50 Å². The number of halogens is 4. The first-order valence-electron chi connectivity index (χ1n) is 9.72. The summed E-state index contributed by atoms with van der Waals surface area (Å²) in [5.74, 6) is -0.501. The third-order valence-electron chi connectivity index (χ3n) is 5.25. The molecule has 166 valence electrons. The van der Waals surface area contributed by atoms with Crippen molar-refractivity contribution in [1.29, 1.82) is 0 Å². The molecular weight excluding hydrogens is 430 g/mol. The Hall–Kier alpha value is -3.61. The van der Waals surface area contributed by atoms with Crippen LogP contribution in [0, 0.1) is 5.82 Å². The number of hydrogen-bond donors (Lipinski definition) is 2. The summed E-state index contributed by atoms with van der Waals surface area (Å²) < 4.78 is 55.2. The lowest BCUT2D eigenvalue weighted by molar-refractivity contribution is -0.141. The largest absolute Gasteiger partial charge is 0.434 e. The highest BCUT2D eigenvalue weighted by molar-refractivity contribution is 5.61. The maximum atomic E-state index is 14.7. The summed E-state index contributed by atoms with van der Waals surface area (Å²) in [5.41, 5.74) is -0.0875. The summed E-state index contributed by atoms with van der Waals surface area (Å²) >= 11 is 0. The second-order valence-corrected chi connectivity index (χ2v) is 7.57. The molecule has 4 aromatic heterocycles. The van der Waals surface area contributed by atoms with Crippen LogP contribution in [-0.2, 0) is 6.18 Å². The van der Waals surface area contributed by atoms with E-state index in [1.165, 1.54) is 6.20 Å². The van der Waals surface area contributed by atoms with Crippen molar-refractivity contribution in [3.63, 3.8) is 0 Å². The van der Waals surface area contributed by atoms with Crippen LogP contribution in [0.2, 0.25) is 0 Å². The number of nitrogens with one attached hydrogen (secondary N) is 2. The first-order valence-corrected chi connectivity index (χ1v) is 9.72. The van der Waals surface area contributed by atoms with Crippen LogP contribution < -0.4 is 10.2 Å². The molecule has 0 aliphatic carbocycles. The number of fused-ring (bicyclic) bond motifs is 1. The van der Waals surface area contributed by atoms with Gasteiger partial charge in [-0.05, 0) is 6.92 Å². The van der Waals surface area contributed by atoms with E-state index in [2.05, 4.69) is 35.5 Å².